The molecule has 3 heteroatoms. The Kier molecular flexibility index (Phi) is 7.07. The van der Waals surface area contributed by atoms with Crippen LogP contribution in [-0.2, 0) is 0 Å². The molecule has 23 heavy (non-hydrogen) atoms. The average molecular weight is 319 g/mol. The maximum Gasteiger partial charge on any atom is 0.251 e. The predicted molar refractivity (Wildman–Crippen MR) is 93.0 cm³/mol. The van der Waals surface area contributed by atoms with E-state index in [0.717, 1.165) is 24.3 Å². The second-order valence-electron chi connectivity index (χ2n) is 7.02. The molecule has 1 amide bonds. The minimum absolute atomic E-state index is 0.00508. The van der Waals surface area contributed by atoms with Crippen molar-refractivity contribution in [1.29, 1.82) is 0 Å². The molecule has 2 nitrogen and oxygen atoms in total. The lowest BCUT2D eigenvalue weighted by atomic mass is 9.77. The number of nitrogens with two attached hydrogens (primary N) is 1. The number of primary amides is 1. The Morgan fingerprint density at radius 3 is 2.43 bits per heavy atom. The first-order chi connectivity index (χ1) is 11.1. The Labute approximate surface area is 139 Å². The van der Waals surface area contributed by atoms with Crippen molar-refractivity contribution in [3.8, 4) is 0 Å². The normalized spacial score (nSPS) is 21.3. The quantitative estimate of drug-likeness (QED) is 0.626. The second-order valence-corrected chi connectivity index (χ2v) is 7.02. The van der Waals surface area contributed by atoms with Crippen LogP contribution in [-0.4, -0.2) is 5.91 Å². The van der Waals surface area contributed by atoms with E-state index in [-0.39, 0.29) is 5.56 Å². The highest BCUT2D eigenvalue weighted by Crippen LogP contribution is 2.38. The first-order valence-electron chi connectivity index (χ1n) is 9.21. The van der Waals surface area contributed by atoms with Gasteiger partial charge in [-0.1, -0.05) is 51.5 Å². The number of carbonyl (C=O) groups excluding carboxylic acids is 1. The lowest BCUT2D eigenvalue weighted by Gasteiger charge is -2.29. The van der Waals surface area contributed by atoms with E-state index in [0.29, 0.717) is 5.92 Å². The molecule has 0 radical (unpaired) electrons. The molecular weight excluding hydrogens is 289 g/mol. The van der Waals surface area contributed by atoms with Crippen LogP contribution in [0.15, 0.2) is 18.2 Å². The fourth-order valence-corrected chi connectivity index (χ4v) is 3.81. The van der Waals surface area contributed by atoms with Crippen LogP contribution in [0.5, 0.6) is 0 Å². The lowest BCUT2D eigenvalue weighted by molar-refractivity contribution is 0.0996. The SMILES string of the molecule is CCCCCCCC1CCC(c2ccc(C(N)=O)c(F)c2)CC1. The number of amides is 1. The van der Waals surface area contributed by atoms with Crippen molar-refractivity contribution in [3.05, 3.63) is 35.1 Å². The molecule has 128 valence electrons. The minimum atomic E-state index is -0.694. The number of halogens is 1. The fraction of sp³-hybridized carbons (Fsp3) is 0.650. The van der Waals surface area contributed by atoms with Crippen LogP contribution in [0.25, 0.3) is 0 Å². The van der Waals surface area contributed by atoms with Gasteiger partial charge < -0.3 is 5.73 Å². The Balaban J connectivity index is 1.78. The lowest BCUT2D eigenvalue weighted by Crippen LogP contribution is -2.16. The zero-order valence-corrected chi connectivity index (χ0v) is 14.3. The maximum atomic E-state index is 13.9. The topological polar surface area (TPSA) is 43.1 Å². The van der Waals surface area contributed by atoms with Crippen molar-refractivity contribution in [1.82, 2.24) is 0 Å². The minimum Gasteiger partial charge on any atom is -0.366 e. The third-order valence-corrected chi connectivity index (χ3v) is 5.29. The molecule has 0 bridgehead atoms. The van der Waals surface area contributed by atoms with E-state index in [1.165, 1.54) is 63.5 Å². The van der Waals surface area contributed by atoms with Gasteiger partial charge >= 0.3 is 0 Å². The first kappa shape index (κ1) is 18.0. The van der Waals surface area contributed by atoms with Gasteiger partial charge in [0.1, 0.15) is 5.82 Å². The summed E-state index contributed by atoms with van der Waals surface area (Å²) in [5.74, 6) is 0.110. The highest BCUT2D eigenvalue weighted by Gasteiger charge is 2.23. The Morgan fingerprint density at radius 2 is 1.83 bits per heavy atom. The standard InChI is InChI=1S/C20H30FNO/c1-2-3-4-5-6-7-15-8-10-16(11-9-15)17-12-13-18(20(22)23)19(21)14-17/h12-16H,2-11H2,1H3,(H2,22,23). The van der Waals surface area contributed by atoms with Crippen molar-refractivity contribution in [2.75, 3.05) is 0 Å². The van der Waals surface area contributed by atoms with Crippen molar-refractivity contribution >= 4 is 5.91 Å². The Hall–Kier alpha value is -1.38. The van der Waals surface area contributed by atoms with Crippen LogP contribution < -0.4 is 5.73 Å². The second kappa shape index (κ2) is 9.05. The maximum absolute atomic E-state index is 13.9. The third kappa shape index (κ3) is 5.33. The molecule has 0 atom stereocenters. The highest BCUT2D eigenvalue weighted by molar-refractivity contribution is 5.93. The van der Waals surface area contributed by atoms with Gasteiger partial charge in [-0.15, -0.1) is 0 Å². The molecule has 1 aromatic rings. The number of carbonyl (C=O) groups is 1. The number of hydrogen-bond donors (Lipinski definition) is 1. The van der Waals surface area contributed by atoms with Gasteiger partial charge in [-0.25, -0.2) is 4.39 Å². The van der Waals surface area contributed by atoms with Crippen molar-refractivity contribution < 1.29 is 9.18 Å². The molecule has 1 fully saturated rings. The average Bonchev–Trinajstić information content (AvgIpc) is 2.55. The smallest absolute Gasteiger partial charge is 0.251 e. The molecule has 1 aliphatic carbocycles. The molecule has 2 N–H and O–H groups in total. The van der Waals surface area contributed by atoms with Gasteiger partial charge in [-0.2, -0.15) is 0 Å². The van der Waals surface area contributed by atoms with E-state index in [2.05, 4.69) is 6.92 Å². The number of hydrogen-bond acceptors (Lipinski definition) is 1. The summed E-state index contributed by atoms with van der Waals surface area (Å²) in [4.78, 5) is 11.1. The van der Waals surface area contributed by atoms with E-state index in [1.54, 1.807) is 0 Å². The highest BCUT2D eigenvalue weighted by atomic mass is 19.1. The van der Waals surface area contributed by atoms with E-state index in [1.807, 2.05) is 6.07 Å². The van der Waals surface area contributed by atoms with E-state index >= 15 is 0 Å². The zero-order valence-electron chi connectivity index (χ0n) is 14.3. The van der Waals surface area contributed by atoms with Gasteiger partial charge in [0.25, 0.3) is 5.91 Å². The monoisotopic (exact) mass is 319 g/mol. The molecule has 0 aromatic heterocycles. The van der Waals surface area contributed by atoms with Gasteiger partial charge in [-0.3, -0.25) is 4.79 Å². The Morgan fingerprint density at radius 1 is 1.13 bits per heavy atom. The molecule has 0 aliphatic heterocycles. The summed E-state index contributed by atoms with van der Waals surface area (Å²) in [6.07, 6.45) is 12.9. The number of unbranched alkanes of at least 4 members (excludes halogenated alkanes) is 4. The van der Waals surface area contributed by atoms with E-state index < -0.39 is 11.7 Å². The molecular formula is C20H30FNO. The number of benzene rings is 1. The van der Waals surface area contributed by atoms with Crippen LogP contribution in [0.2, 0.25) is 0 Å². The molecule has 1 aliphatic rings. The van der Waals surface area contributed by atoms with Gasteiger partial charge in [0.05, 0.1) is 5.56 Å². The summed E-state index contributed by atoms with van der Waals surface area (Å²) in [6, 6.07) is 4.92. The van der Waals surface area contributed by atoms with Crippen molar-refractivity contribution in [2.24, 2.45) is 11.7 Å². The molecule has 1 saturated carbocycles. The van der Waals surface area contributed by atoms with Crippen LogP contribution >= 0.6 is 0 Å². The molecule has 0 heterocycles. The van der Waals surface area contributed by atoms with Crippen LogP contribution in [0.3, 0.4) is 0 Å². The zero-order chi connectivity index (χ0) is 16.7. The molecule has 1 aromatic carbocycles. The molecule has 0 saturated heterocycles. The number of rotatable bonds is 8. The van der Waals surface area contributed by atoms with Crippen LogP contribution in [0, 0.1) is 11.7 Å². The summed E-state index contributed by atoms with van der Waals surface area (Å²) in [6.45, 7) is 2.25. The summed E-state index contributed by atoms with van der Waals surface area (Å²) < 4.78 is 13.9. The fourth-order valence-electron chi connectivity index (χ4n) is 3.81. The first-order valence-corrected chi connectivity index (χ1v) is 9.21. The molecule has 0 spiro atoms. The van der Waals surface area contributed by atoms with E-state index in [9.17, 15) is 9.18 Å². The summed E-state index contributed by atoms with van der Waals surface area (Å²) in [7, 11) is 0. The van der Waals surface area contributed by atoms with Crippen LogP contribution in [0.1, 0.15) is 93.0 Å². The largest absolute Gasteiger partial charge is 0.366 e. The predicted octanol–water partition coefficient (Wildman–Crippen LogP) is 5.56. The van der Waals surface area contributed by atoms with Gasteiger partial charge in [0.15, 0.2) is 0 Å². The van der Waals surface area contributed by atoms with Gasteiger partial charge in [0.2, 0.25) is 0 Å². The molecule has 2 rings (SSSR count). The Bertz CT molecular complexity index is 506. The van der Waals surface area contributed by atoms with E-state index in [4.69, 9.17) is 5.73 Å². The third-order valence-electron chi connectivity index (χ3n) is 5.29. The van der Waals surface area contributed by atoms with Gasteiger partial charge in [-0.05, 0) is 55.2 Å². The van der Waals surface area contributed by atoms with Crippen LogP contribution in [0.4, 0.5) is 4.39 Å². The molecule has 0 unspecified atom stereocenters. The van der Waals surface area contributed by atoms with Crippen molar-refractivity contribution in [2.45, 2.75) is 77.0 Å². The summed E-state index contributed by atoms with van der Waals surface area (Å²) in [5, 5.41) is 0. The summed E-state index contributed by atoms with van der Waals surface area (Å²) in [5.41, 5.74) is 6.18. The van der Waals surface area contributed by atoms with Crippen molar-refractivity contribution in [3.63, 3.8) is 0 Å². The van der Waals surface area contributed by atoms with Gasteiger partial charge in [0, 0.05) is 0 Å². The summed E-state index contributed by atoms with van der Waals surface area (Å²) >= 11 is 0.